The summed E-state index contributed by atoms with van der Waals surface area (Å²) >= 11 is 0. The molecule has 2 N–H and O–H groups in total. The van der Waals surface area contributed by atoms with E-state index in [0.717, 1.165) is 83.2 Å². The highest BCUT2D eigenvalue weighted by Gasteiger charge is 2.38. The van der Waals surface area contributed by atoms with Gasteiger partial charge in [0.25, 0.3) is 0 Å². The Balaban J connectivity index is 1.01. The van der Waals surface area contributed by atoms with Gasteiger partial charge in [0.2, 0.25) is 0 Å². The number of fused-ring (bicyclic) bond motifs is 2. The third-order valence-electron chi connectivity index (χ3n) is 9.22. The van der Waals surface area contributed by atoms with Crippen molar-refractivity contribution in [1.29, 1.82) is 0 Å². The first-order valence-electron chi connectivity index (χ1n) is 17.1. The number of ether oxygens (including phenoxy) is 3. The van der Waals surface area contributed by atoms with Crippen LogP contribution in [0.4, 0.5) is 9.59 Å². The normalized spacial score (nSPS) is 22.0. The summed E-state index contributed by atoms with van der Waals surface area (Å²) < 4.78 is 17.7. The number of carbonyl (C=O) groups excluding carboxylic acids is 2. The van der Waals surface area contributed by atoms with Gasteiger partial charge >= 0.3 is 12.2 Å². The first-order valence-corrected chi connectivity index (χ1v) is 17.1. The maximum Gasteiger partial charge on any atom is 0.410 e. The molecule has 0 spiro atoms. The van der Waals surface area contributed by atoms with Gasteiger partial charge < -0.3 is 24.5 Å². The van der Waals surface area contributed by atoms with E-state index in [1.165, 1.54) is 0 Å². The fraction of sp³-hybridized carbons (Fsp3) is 0.514. The summed E-state index contributed by atoms with van der Waals surface area (Å²) in [6.45, 7) is 13.3. The van der Waals surface area contributed by atoms with Crippen molar-refractivity contribution in [2.45, 2.75) is 103 Å². The zero-order valence-corrected chi connectivity index (χ0v) is 28.8. The molecule has 3 aromatic rings. The summed E-state index contributed by atoms with van der Waals surface area (Å²) in [6, 6.07) is 12.4. The van der Waals surface area contributed by atoms with Crippen molar-refractivity contribution in [2.75, 3.05) is 19.6 Å². The molecule has 2 aromatic carbocycles. The molecular formula is C37H46N6O5. The molecule has 254 valence electrons. The minimum atomic E-state index is -0.546. The summed E-state index contributed by atoms with van der Waals surface area (Å²) in [4.78, 5) is 42.2. The van der Waals surface area contributed by atoms with Crippen molar-refractivity contribution < 1.29 is 23.8 Å². The first-order chi connectivity index (χ1) is 22.8. The fourth-order valence-electron chi connectivity index (χ4n) is 7.02. The van der Waals surface area contributed by atoms with E-state index < -0.39 is 11.2 Å². The van der Waals surface area contributed by atoms with Gasteiger partial charge in [-0.15, -0.1) is 0 Å². The van der Waals surface area contributed by atoms with Gasteiger partial charge in [-0.3, -0.25) is 14.8 Å². The highest BCUT2D eigenvalue weighted by atomic mass is 16.6. The highest BCUT2D eigenvalue weighted by molar-refractivity contribution is 5.92. The monoisotopic (exact) mass is 654 g/mol. The zero-order chi connectivity index (χ0) is 33.8. The molecule has 2 amide bonds. The lowest BCUT2D eigenvalue weighted by atomic mass is 9.95. The summed E-state index contributed by atoms with van der Waals surface area (Å²) in [5.74, 6) is 3.30. The molecule has 7 rings (SSSR count). The topological polar surface area (TPSA) is 121 Å². The number of nitrogens with one attached hydrogen (secondary N) is 2. The van der Waals surface area contributed by atoms with Crippen LogP contribution in [0.1, 0.15) is 102 Å². The molecule has 0 aliphatic carbocycles. The lowest BCUT2D eigenvalue weighted by Gasteiger charge is -2.29. The Morgan fingerprint density at radius 1 is 0.854 bits per heavy atom. The van der Waals surface area contributed by atoms with Crippen molar-refractivity contribution in [3.05, 3.63) is 65.1 Å². The number of amides is 2. The third-order valence-corrected chi connectivity index (χ3v) is 9.22. The SMILES string of the molecule is CC(C)(C)OC(=O)N1CCC[C@H]1C1=NCC(c2ccc3c(c2)Cc2ccc(-c4cnc([C@@H]5CCCN5C(=O)OC(C)(C)C)[nH]4)cc2O3)N1. The Kier molecular flexibility index (Phi) is 8.12. The first kappa shape index (κ1) is 32.0. The van der Waals surface area contributed by atoms with Crippen LogP contribution in [-0.2, 0) is 15.9 Å². The largest absolute Gasteiger partial charge is 0.457 e. The highest BCUT2D eigenvalue weighted by Crippen LogP contribution is 2.40. The van der Waals surface area contributed by atoms with Crippen molar-refractivity contribution in [1.82, 2.24) is 25.1 Å². The lowest BCUT2D eigenvalue weighted by Crippen LogP contribution is -2.46. The molecule has 1 aromatic heterocycles. The second-order valence-corrected chi connectivity index (χ2v) is 15.2. The maximum atomic E-state index is 12.9. The van der Waals surface area contributed by atoms with E-state index >= 15 is 0 Å². The molecule has 3 atom stereocenters. The number of likely N-dealkylation sites (tertiary alicyclic amines) is 2. The van der Waals surface area contributed by atoms with Gasteiger partial charge in [-0.25, -0.2) is 14.6 Å². The van der Waals surface area contributed by atoms with E-state index in [4.69, 9.17) is 19.2 Å². The van der Waals surface area contributed by atoms with Crippen LogP contribution in [0.3, 0.4) is 0 Å². The molecule has 4 aliphatic heterocycles. The van der Waals surface area contributed by atoms with E-state index in [9.17, 15) is 9.59 Å². The number of hydrogen-bond donors (Lipinski definition) is 2. The minimum Gasteiger partial charge on any atom is -0.457 e. The average Bonchev–Trinajstić information content (AvgIpc) is 3.83. The van der Waals surface area contributed by atoms with Gasteiger partial charge in [0.1, 0.15) is 34.4 Å². The second kappa shape index (κ2) is 12.2. The quantitative estimate of drug-likeness (QED) is 0.237. The number of imidazole rings is 1. The number of benzene rings is 2. The summed E-state index contributed by atoms with van der Waals surface area (Å²) in [5, 5.41) is 3.61. The molecule has 0 bridgehead atoms. The van der Waals surface area contributed by atoms with Crippen molar-refractivity contribution in [3.8, 4) is 22.8 Å². The van der Waals surface area contributed by atoms with Crippen LogP contribution in [0.25, 0.3) is 11.3 Å². The van der Waals surface area contributed by atoms with Gasteiger partial charge in [0.05, 0.1) is 36.6 Å². The van der Waals surface area contributed by atoms with Crippen molar-refractivity contribution >= 4 is 18.0 Å². The molecule has 48 heavy (non-hydrogen) atoms. The third kappa shape index (κ3) is 6.59. The van der Waals surface area contributed by atoms with Crippen LogP contribution >= 0.6 is 0 Å². The summed E-state index contributed by atoms with van der Waals surface area (Å²) in [5.41, 5.74) is 4.17. The van der Waals surface area contributed by atoms with Gasteiger partial charge in [-0.2, -0.15) is 0 Å². The Morgan fingerprint density at radius 3 is 2.25 bits per heavy atom. The van der Waals surface area contributed by atoms with E-state index in [1.807, 2.05) is 58.7 Å². The molecular weight excluding hydrogens is 608 g/mol. The van der Waals surface area contributed by atoms with Crippen molar-refractivity contribution in [2.24, 2.45) is 4.99 Å². The van der Waals surface area contributed by atoms with Crippen molar-refractivity contribution in [3.63, 3.8) is 0 Å². The number of aliphatic imine (C=N–C) groups is 1. The molecule has 0 radical (unpaired) electrons. The number of rotatable bonds is 4. The van der Waals surface area contributed by atoms with E-state index in [2.05, 4.69) is 45.6 Å². The van der Waals surface area contributed by atoms with E-state index in [0.29, 0.717) is 19.6 Å². The van der Waals surface area contributed by atoms with Crippen LogP contribution < -0.4 is 10.1 Å². The molecule has 1 unspecified atom stereocenters. The summed E-state index contributed by atoms with van der Waals surface area (Å²) in [6.07, 6.45) is 5.56. The number of aromatic amines is 1. The smallest absolute Gasteiger partial charge is 0.410 e. The van der Waals surface area contributed by atoms with Gasteiger partial charge in [0, 0.05) is 25.1 Å². The van der Waals surface area contributed by atoms with Crippen LogP contribution in [0.2, 0.25) is 0 Å². The minimum absolute atomic E-state index is 0.0378. The lowest BCUT2D eigenvalue weighted by molar-refractivity contribution is 0.0216. The van der Waals surface area contributed by atoms with Gasteiger partial charge in [0.15, 0.2) is 0 Å². The number of amidine groups is 1. The predicted molar refractivity (Wildman–Crippen MR) is 182 cm³/mol. The van der Waals surface area contributed by atoms with Crippen LogP contribution in [0, 0.1) is 0 Å². The molecule has 11 nitrogen and oxygen atoms in total. The predicted octanol–water partition coefficient (Wildman–Crippen LogP) is 7.29. The number of aromatic nitrogens is 2. The van der Waals surface area contributed by atoms with Crippen LogP contribution in [0.15, 0.2) is 47.6 Å². The molecule has 5 heterocycles. The summed E-state index contributed by atoms with van der Waals surface area (Å²) in [7, 11) is 0. The number of carbonyl (C=O) groups is 2. The van der Waals surface area contributed by atoms with E-state index in [1.54, 1.807) is 4.90 Å². The maximum absolute atomic E-state index is 12.9. The number of nitrogens with zero attached hydrogens (tertiary/aromatic N) is 4. The molecule has 2 saturated heterocycles. The Morgan fingerprint density at radius 2 is 1.54 bits per heavy atom. The Hall–Kier alpha value is -4.54. The van der Waals surface area contributed by atoms with Crippen LogP contribution in [-0.4, -0.2) is 74.7 Å². The van der Waals surface area contributed by atoms with Gasteiger partial charge in [-0.1, -0.05) is 18.2 Å². The zero-order valence-electron chi connectivity index (χ0n) is 28.8. The molecule has 4 aliphatic rings. The Bertz CT molecular complexity index is 1750. The Labute approximate surface area is 282 Å². The number of H-pyrrole nitrogens is 1. The molecule has 11 heteroatoms. The average molecular weight is 655 g/mol. The number of hydrogen-bond acceptors (Lipinski definition) is 8. The molecule has 0 saturated carbocycles. The van der Waals surface area contributed by atoms with Gasteiger partial charge in [-0.05, 0) is 102 Å². The second-order valence-electron chi connectivity index (χ2n) is 15.2. The fourth-order valence-corrected chi connectivity index (χ4v) is 7.02. The van der Waals surface area contributed by atoms with E-state index in [-0.39, 0.29) is 30.3 Å². The molecule has 2 fully saturated rings. The standard InChI is InChI=1S/C37H46N6O5/c1-36(2,3)47-34(44)42-15-7-9-28(42)32-38-20-26(40-32)22-13-14-30-25(17-22)18-24-12-11-23(19-31(24)46-30)27-21-39-33(41-27)29-10-8-16-43(29)35(45)48-37(4,5)6/h11-14,17,19,21,26,28-29H,7-10,15-16,18,20H2,1-6H3,(H,38,40)(H,39,41)/t26?,28-,29-/m0/s1. The van der Waals surface area contributed by atoms with Crippen LogP contribution in [0.5, 0.6) is 11.5 Å².